The van der Waals surface area contributed by atoms with Crippen molar-refractivity contribution in [2.75, 3.05) is 5.32 Å². The molecule has 0 unspecified atom stereocenters. The molecular formula is C24H23N3O3. The number of nitrogens with one attached hydrogen (secondary N) is 2. The summed E-state index contributed by atoms with van der Waals surface area (Å²) >= 11 is 0. The molecule has 0 heterocycles. The normalized spacial score (nSPS) is 10.3. The van der Waals surface area contributed by atoms with E-state index < -0.39 is 6.03 Å². The summed E-state index contributed by atoms with van der Waals surface area (Å²) in [5, 5.41) is 5.32. The minimum Gasteiger partial charge on any atom is -0.351 e. The molecule has 0 aliphatic heterocycles. The van der Waals surface area contributed by atoms with Gasteiger partial charge in [-0.15, -0.1) is 0 Å². The van der Waals surface area contributed by atoms with Gasteiger partial charge in [-0.3, -0.25) is 9.59 Å². The maximum absolute atomic E-state index is 13.0. The minimum absolute atomic E-state index is 0.189. The number of primary amides is 1. The molecule has 0 spiro atoms. The van der Waals surface area contributed by atoms with Crippen LogP contribution in [0.25, 0.3) is 0 Å². The lowest BCUT2D eigenvalue weighted by atomic mass is 9.95. The molecule has 3 amide bonds. The number of amides is 3. The second-order valence-corrected chi connectivity index (χ2v) is 7.04. The van der Waals surface area contributed by atoms with Crippen LogP contribution in [-0.4, -0.2) is 17.7 Å². The van der Waals surface area contributed by atoms with Gasteiger partial charge < -0.3 is 16.4 Å². The lowest BCUT2D eigenvalue weighted by Gasteiger charge is -2.11. The van der Waals surface area contributed by atoms with Gasteiger partial charge in [-0.1, -0.05) is 42.5 Å². The highest BCUT2D eigenvalue weighted by Crippen LogP contribution is 2.18. The number of anilines is 1. The van der Waals surface area contributed by atoms with Gasteiger partial charge in [-0.25, -0.2) is 4.79 Å². The van der Waals surface area contributed by atoms with Gasteiger partial charge in [0, 0.05) is 23.4 Å². The molecule has 3 aromatic rings. The molecule has 0 atom stereocenters. The summed E-state index contributed by atoms with van der Waals surface area (Å²) < 4.78 is 0. The molecule has 0 saturated heterocycles. The van der Waals surface area contributed by atoms with Crippen molar-refractivity contribution in [3.63, 3.8) is 0 Å². The molecule has 0 radical (unpaired) electrons. The van der Waals surface area contributed by atoms with Crippen LogP contribution in [-0.2, 0) is 6.54 Å². The number of benzene rings is 3. The van der Waals surface area contributed by atoms with E-state index >= 15 is 0 Å². The van der Waals surface area contributed by atoms with E-state index in [9.17, 15) is 14.4 Å². The zero-order chi connectivity index (χ0) is 21.7. The first-order valence-electron chi connectivity index (χ1n) is 9.49. The number of carbonyl (C=O) groups excluding carboxylic acids is 3. The summed E-state index contributed by atoms with van der Waals surface area (Å²) in [7, 11) is 0. The molecule has 6 nitrogen and oxygen atoms in total. The summed E-state index contributed by atoms with van der Waals surface area (Å²) in [5.74, 6) is -0.521. The standard InChI is InChI=1S/C24H23N3O3/c1-15-7-10-18(13-16(15)2)22(28)20-5-3-4-6-21(20)23(29)26-14-17-8-11-19(12-9-17)27-24(25)30/h3-13H,14H2,1-2H3,(H,26,29)(H3,25,27,30). The third-order valence-corrected chi connectivity index (χ3v) is 4.86. The van der Waals surface area contributed by atoms with E-state index in [0.29, 0.717) is 22.4 Å². The molecule has 0 saturated carbocycles. The molecule has 4 N–H and O–H groups in total. The van der Waals surface area contributed by atoms with Crippen molar-refractivity contribution in [1.29, 1.82) is 0 Å². The highest BCUT2D eigenvalue weighted by Gasteiger charge is 2.18. The first kappa shape index (κ1) is 20.8. The van der Waals surface area contributed by atoms with Gasteiger partial charge in [-0.2, -0.15) is 0 Å². The predicted octanol–water partition coefficient (Wildman–Crippen LogP) is 3.96. The molecular weight excluding hydrogens is 378 g/mol. The number of hydrogen-bond donors (Lipinski definition) is 3. The fourth-order valence-electron chi connectivity index (χ4n) is 3.04. The summed E-state index contributed by atoms with van der Waals surface area (Å²) in [4.78, 5) is 36.7. The zero-order valence-electron chi connectivity index (χ0n) is 16.9. The first-order valence-corrected chi connectivity index (χ1v) is 9.49. The molecule has 0 aliphatic rings. The molecule has 3 aromatic carbocycles. The Morgan fingerprint density at radius 1 is 0.833 bits per heavy atom. The zero-order valence-corrected chi connectivity index (χ0v) is 16.9. The topological polar surface area (TPSA) is 101 Å². The van der Waals surface area contributed by atoms with Crippen LogP contribution in [0.4, 0.5) is 10.5 Å². The quantitative estimate of drug-likeness (QED) is 0.545. The van der Waals surface area contributed by atoms with Crippen LogP contribution >= 0.6 is 0 Å². The number of urea groups is 1. The SMILES string of the molecule is Cc1ccc(C(=O)c2ccccc2C(=O)NCc2ccc(NC(N)=O)cc2)cc1C. The molecule has 0 aromatic heterocycles. The van der Waals surface area contributed by atoms with E-state index in [4.69, 9.17) is 5.73 Å². The van der Waals surface area contributed by atoms with Crippen LogP contribution in [0.5, 0.6) is 0 Å². The van der Waals surface area contributed by atoms with Gasteiger partial charge in [0.25, 0.3) is 5.91 Å². The Balaban J connectivity index is 1.74. The van der Waals surface area contributed by atoms with Gasteiger partial charge in [0.05, 0.1) is 5.56 Å². The van der Waals surface area contributed by atoms with Gasteiger partial charge in [-0.05, 0) is 54.8 Å². The van der Waals surface area contributed by atoms with E-state index in [-0.39, 0.29) is 18.2 Å². The Morgan fingerprint density at radius 2 is 1.50 bits per heavy atom. The van der Waals surface area contributed by atoms with Crippen molar-refractivity contribution in [2.24, 2.45) is 5.73 Å². The van der Waals surface area contributed by atoms with Crippen molar-refractivity contribution >= 4 is 23.4 Å². The first-order chi connectivity index (χ1) is 14.3. The second-order valence-electron chi connectivity index (χ2n) is 7.04. The molecule has 6 heteroatoms. The maximum atomic E-state index is 13.0. The average molecular weight is 401 g/mol. The summed E-state index contributed by atoms with van der Waals surface area (Å²) in [6.07, 6.45) is 0. The van der Waals surface area contributed by atoms with Crippen LogP contribution in [0.15, 0.2) is 66.7 Å². The van der Waals surface area contributed by atoms with Gasteiger partial charge in [0.15, 0.2) is 5.78 Å². The van der Waals surface area contributed by atoms with Gasteiger partial charge in [0.2, 0.25) is 0 Å². The number of ketones is 1. The highest BCUT2D eigenvalue weighted by atomic mass is 16.2. The minimum atomic E-state index is -0.638. The molecule has 0 aliphatic carbocycles. The van der Waals surface area contributed by atoms with E-state index in [2.05, 4.69) is 10.6 Å². The van der Waals surface area contributed by atoms with Gasteiger partial charge >= 0.3 is 6.03 Å². The number of rotatable bonds is 6. The largest absolute Gasteiger partial charge is 0.351 e. The van der Waals surface area contributed by atoms with Crippen LogP contribution in [0.2, 0.25) is 0 Å². The number of hydrogen-bond acceptors (Lipinski definition) is 3. The van der Waals surface area contributed by atoms with Crippen molar-refractivity contribution in [2.45, 2.75) is 20.4 Å². The Hall–Kier alpha value is -3.93. The Morgan fingerprint density at radius 3 is 2.13 bits per heavy atom. The Labute approximate surface area is 175 Å². The van der Waals surface area contributed by atoms with Crippen molar-refractivity contribution in [1.82, 2.24) is 5.32 Å². The number of nitrogens with two attached hydrogens (primary N) is 1. The lowest BCUT2D eigenvalue weighted by molar-refractivity contribution is 0.0939. The average Bonchev–Trinajstić information content (AvgIpc) is 2.74. The second kappa shape index (κ2) is 9.05. The third-order valence-electron chi connectivity index (χ3n) is 4.86. The Kier molecular flexibility index (Phi) is 6.27. The summed E-state index contributed by atoms with van der Waals surface area (Å²) in [6.45, 7) is 4.22. The van der Waals surface area contributed by atoms with Gasteiger partial charge in [0.1, 0.15) is 0 Å². The molecule has 30 heavy (non-hydrogen) atoms. The van der Waals surface area contributed by atoms with E-state index in [1.165, 1.54) is 0 Å². The maximum Gasteiger partial charge on any atom is 0.316 e. The monoisotopic (exact) mass is 401 g/mol. The van der Waals surface area contributed by atoms with Crippen molar-refractivity contribution < 1.29 is 14.4 Å². The smallest absolute Gasteiger partial charge is 0.316 e. The fourth-order valence-corrected chi connectivity index (χ4v) is 3.04. The van der Waals surface area contributed by atoms with Crippen LogP contribution in [0, 0.1) is 13.8 Å². The molecule has 0 fully saturated rings. The lowest BCUT2D eigenvalue weighted by Crippen LogP contribution is -2.25. The van der Waals surface area contributed by atoms with Crippen molar-refractivity contribution in [3.05, 3.63) is 100 Å². The number of carbonyl (C=O) groups is 3. The van der Waals surface area contributed by atoms with E-state index in [0.717, 1.165) is 16.7 Å². The van der Waals surface area contributed by atoms with Crippen LogP contribution in [0.1, 0.15) is 43.0 Å². The van der Waals surface area contributed by atoms with Crippen LogP contribution < -0.4 is 16.4 Å². The highest BCUT2D eigenvalue weighted by molar-refractivity contribution is 6.15. The van der Waals surface area contributed by atoms with Crippen molar-refractivity contribution in [3.8, 4) is 0 Å². The van der Waals surface area contributed by atoms with Crippen LogP contribution in [0.3, 0.4) is 0 Å². The van der Waals surface area contributed by atoms with E-state index in [1.807, 2.05) is 26.0 Å². The summed E-state index contributed by atoms with van der Waals surface area (Å²) in [6, 6.07) is 18.6. The number of aryl methyl sites for hydroxylation is 2. The third kappa shape index (κ3) is 4.91. The molecule has 152 valence electrons. The molecule has 3 rings (SSSR count). The van der Waals surface area contributed by atoms with E-state index in [1.54, 1.807) is 54.6 Å². The molecule has 0 bridgehead atoms. The summed E-state index contributed by atoms with van der Waals surface area (Å²) in [5.41, 5.74) is 9.87. The predicted molar refractivity (Wildman–Crippen MR) is 117 cm³/mol. The fraction of sp³-hybridized carbons (Fsp3) is 0.125. The Bertz CT molecular complexity index is 1100.